The van der Waals surface area contributed by atoms with E-state index in [0.29, 0.717) is 11.1 Å². The van der Waals surface area contributed by atoms with Gasteiger partial charge in [0.25, 0.3) is 10.0 Å². The summed E-state index contributed by atoms with van der Waals surface area (Å²) in [5.41, 5.74) is 1.06. The molecule has 0 amide bonds. The lowest BCUT2D eigenvalue weighted by Crippen LogP contribution is -2.15. The highest BCUT2D eigenvalue weighted by molar-refractivity contribution is 7.92. The zero-order chi connectivity index (χ0) is 19.6. The number of rotatable bonds is 5. The molecule has 4 nitrogen and oxygen atoms in total. The Morgan fingerprint density at radius 3 is 2.11 bits per heavy atom. The van der Waals surface area contributed by atoms with Crippen LogP contribution in [0.25, 0.3) is 10.8 Å². The summed E-state index contributed by atoms with van der Waals surface area (Å²) >= 11 is 0. The Morgan fingerprint density at radius 2 is 1.32 bits per heavy atom. The van der Waals surface area contributed by atoms with Gasteiger partial charge in [0.15, 0.2) is 5.78 Å². The molecule has 0 aliphatic rings. The van der Waals surface area contributed by atoms with Gasteiger partial charge in [-0.05, 0) is 41.1 Å². The Hall–Kier alpha value is -3.44. The van der Waals surface area contributed by atoms with Gasteiger partial charge in [-0.15, -0.1) is 0 Å². The third-order valence-electron chi connectivity index (χ3n) is 4.48. The van der Waals surface area contributed by atoms with Crippen molar-refractivity contribution >= 4 is 32.3 Å². The van der Waals surface area contributed by atoms with Gasteiger partial charge in [-0.3, -0.25) is 9.52 Å². The monoisotopic (exact) mass is 387 g/mol. The molecule has 0 aromatic heterocycles. The Morgan fingerprint density at radius 1 is 0.679 bits per heavy atom. The topological polar surface area (TPSA) is 63.2 Å². The standard InChI is InChI=1S/C23H17NO3S/c25-23(19-15-14-17-8-4-5-9-18(17)16-19)21-12-6-7-13-22(21)24-28(26,27)20-10-2-1-3-11-20/h1-16,24H. The zero-order valence-electron chi connectivity index (χ0n) is 14.9. The fraction of sp³-hybridized carbons (Fsp3) is 0. The second-order valence-corrected chi connectivity index (χ2v) is 8.04. The van der Waals surface area contributed by atoms with Gasteiger partial charge < -0.3 is 0 Å². The number of hydrogen-bond acceptors (Lipinski definition) is 3. The highest BCUT2D eigenvalue weighted by atomic mass is 32.2. The van der Waals surface area contributed by atoms with Crippen molar-refractivity contribution in [2.24, 2.45) is 0 Å². The minimum Gasteiger partial charge on any atom is -0.289 e. The lowest BCUT2D eigenvalue weighted by molar-refractivity contribution is 0.103. The Balaban J connectivity index is 1.72. The molecule has 5 heteroatoms. The molecular weight excluding hydrogens is 370 g/mol. The van der Waals surface area contributed by atoms with Crippen molar-refractivity contribution < 1.29 is 13.2 Å². The van der Waals surface area contributed by atoms with Crippen LogP contribution in [-0.2, 0) is 10.0 Å². The van der Waals surface area contributed by atoms with E-state index < -0.39 is 10.0 Å². The second kappa shape index (κ2) is 7.29. The smallest absolute Gasteiger partial charge is 0.261 e. The summed E-state index contributed by atoms with van der Waals surface area (Å²) in [5.74, 6) is -0.239. The third kappa shape index (κ3) is 3.52. The van der Waals surface area contributed by atoms with Crippen LogP contribution in [0.5, 0.6) is 0 Å². The van der Waals surface area contributed by atoms with E-state index in [-0.39, 0.29) is 16.4 Å². The van der Waals surface area contributed by atoms with Crippen molar-refractivity contribution in [3.8, 4) is 0 Å². The molecule has 0 fully saturated rings. The molecule has 0 saturated heterocycles. The number of hydrogen-bond donors (Lipinski definition) is 1. The van der Waals surface area contributed by atoms with Gasteiger partial charge in [-0.2, -0.15) is 0 Å². The normalized spacial score (nSPS) is 11.3. The molecule has 0 radical (unpaired) electrons. The average molecular weight is 387 g/mol. The number of sulfonamides is 1. The van der Waals surface area contributed by atoms with Gasteiger partial charge in [-0.1, -0.05) is 66.7 Å². The van der Waals surface area contributed by atoms with Gasteiger partial charge in [0.2, 0.25) is 0 Å². The fourth-order valence-corrected chi connectivity index (χ4v) is 4.16. The molecule has 138 valence electrons. The van der Waals surface area contributed by atoms with Crippen molar-refractivity contribution in [2.75, 3.05) is 4.72 Å². The molecule has 4 aromatic rings. The number of carbonyl (C=O) groups is 1. The average Bonchev–Trinajstić information content (AvgIpc) is 2.74. The molecule has 0 saturated carbocycles. The maximum atomic E-state index is 13.1. The van der Waals surface area contributed by atoms with Crippen molar-refractivity contribution in [3.05, 3.63) is 108 Å². The number of fused-ring (bicyclic) bond motifs is 1. The van der Waals surface area contributed by atoms with Crippen LogP contribution < -0.4 is 4.72 Å². The maximum Gasteiger partial charge on any atom is 0.261 e. The van der Waals surface area contributed by atoms with Crippen molar-refractivity contribution in [2.45, 2.75) is 4.90 Å². The predicted molar refractivity (Wildman–Crippen MR) is 111 cm³/mol. The molecule has 0 aliphatic heterocycles. The van der Waals surface area contributed by atoms with E-state index in [1.54, 1.807) is 48.5 Å². The Kier molecular flexibility index (Phi) is 4.67. The zero-order valence-corrected chi connectivity index (χ0v) is 15.7. The van der Waals surface area contributed by atoms with Crippen LogP contribution in [-0.4, -0.2) is 14.2 Å². The SMILES string of the molecule is O=C(c1ccc2ccccc2c1)c1ccccc1NS(=O)(=O)c1ccccc1. The Bertz CT molecular complexity index is 1270. The van der Waals surface area contributed by atoms with Crippen LogP contribution in [0.3, 0.4) is 0 Å². The van der Waals surface area contributed by atoms with Crippen molar-refractivity contribution in [3.63, 3.8) is 0 Å². The van der Waals surface area contributed by atoms with Crippen molar-refractivity contribution in [1.29, 1.82) is 0 Å². The minimum absolute atomic E-state index is 0.142. The number of benzene rings is 4. The van der Waals surface area contributed by atoms with E-state index in [1.165, 1.54) is 12.1 Å². The van der Waals surface area contributed by atoms with E-state index in [2.05, 4.69) is 4.72 Å². The first-order valence-electron chi connectivity index (χ1n) is 8.75. The summed E-state index contributed by atoms with van der Waals surface area (Å²) in [6.07, 6.45) is 0. The third-order valence-corrected chi connectivity index (χ3v) is 5.86. The largest absolute Gasteiger partial charge is 0.289 e. The number of para-hydroxylation sites is 1. The molecule has 4 aromatic carbocycles. The van der Waals surface area contributed by atoms with E-state index in [9.17, 15) is 13.2 Å². The van der Waals surface area contributed by atoms with Crippen LogP contribution in [0, 0.1) is 0 Å². The van der Waals surface area contributed by atoms with Crippen LogP contribution >= 0.6 is 0 Å². The molecular formula is C23H17NO3S. The first-order chi connectivity index (χ1) is 13.5. The van der Waals surface area contributed by atoms with Gasteiger partial charge in [-0.25, -0.2) is 8.42 Å². The van der Waals surface area contributed by atoms with Gasteiger partial charge in [0.05, 0.1) is 10.6 Å². The molecule has 0 atom stereocenters. The molecule has 0 heterocycles. The molecule has 1 N–H and O–H groups in total. The second-order valence-electron chi connectivity index (χ2n) is 6.36. The van der Waals surface area contributed by atoms with Gasteiger partial charge in [0, 0.05) is 11.1 Å². The minimum atomic E-state index is -3.79. The molecule has 0 aliphatic carbocycles. The van der Waals surface area contributed by atoms with E-state index in [1.807, 2.05) is 36.4 Å². The number of carbonyl (C=O) groups excluding carboxylic acids is 1. The highest BCUT2D eigenvalue weighted by Gasteiger charge is 2.19. The van der Waals surface area contributed by atoms with E-state index in [4.69, 9.17) is 0 Å². The first-order valence-corrected chi connectivity index (χ1v) is 10.2. The molecule has 28 heavy (non-hydrogen) atoms. The van der Waals surface area contributed by atoms with Crippen LogP contribution in [0.15, 0.2) is 102 Å². The maximum absolute atomic E-state index is 13.1. The summed E-state index contributed by atoms with van der Waals surface area (Å²) in [4.78, 5) is 13.2. The van der Waals surface area contributed by atoms with Crippen LogP contribution in [0.1, 0.15) is 15.9 Å². The quantitative estimate of drug-likeness (QED) is 0.497. The number of nitrogens with one attached hydrogen (secondary N) is 1. The van der Waals surface area contributed by atoms with E-state index >= 15 is 0 Å². The molecule has 0 spiro atoms. The molecule has 0 bridgehead atoms. The molecule has 0 unspecified atom stereocenters. The molecule has 4 rings (SSSR count). The van der Waals surface area contributed by atoms with Gasteiger partial charge >= 0.3 is 0 Å². The Labute approximate surface area is 163 Å². The predicted octanol–water partition coefficient (Wildman–Crippen LogP) is 4.87. The fourth-order valence-electron chi connectivity index (χ4n) is 3.06. The number of ketones is 1. The van der Waals surface area contributed by atoms with Crippen LogP contribution in [0.4, 0.5) is 5.69 Å². The summed E-state index contributed by atoms with van der Waals surface area (Å²) in [6, 6.07) is 27.9. The van der Waals surface area contributed by atoms with Gasteiger partial charge in [0.1, 0.15) is 0 Å². The van der Waals surface area contributed by atoms with E-state index in [0.717, 1.165) is 10.8 Å². The van der Waals surface area contributed by atoms with Crippen molar-refractivity contribution in [1.82, 2.24) is 0 Å². The lowest BCUT2D eigenvalue weighted by Gasteiger charge is -2.12. The lowest BCUT2D eigenvalue weighted by atomic mass is 9.99. The highest BCUT2D eigenvalue weighted by Crippen LogP contribution is 2.24. The number of anilines is 1. The summed E-state index contributed by atoms with van der Waals surface area (Å²) < 4.78 is 27.9. The first kappa shape index (κ1) is 17.9. The summed E-state index contributed by atoms with van der Waals surface area (Å²) in [5, 5.41) is 1.99. The van der Waals surface area contributed by atoms with Crippen LogP contribution in [0.2, 0.25) is 0 Å². The summed E-state index contributed by atoms with van der Waals surface area (Å²) in [6.45, 7) is 0. The summed E-state index contributed by atoms with van der Waals surface area (Å²) in [7, 11) is -3.79.